The van der Waals surface area contributed by atoms with Crippen molar-refractivity contribution in [1.29, 1.82) is 0 Å². The molecule has 0 amide bonds. The maximum atomic E-state index is 6.07. The Bertz CT molecular complexity index is 948. The number of hydrogen-bond donors (Lipinski definition) is 1. The molecule has 0 saturated carbocycles. The summed E-state index contributed by atoms with van der Waals surface area (Å²) >= 11 is 0. The van der Waals surface area contributed by atoms with Crippen LogP contribution in [0.4, 0.5) is 5.82 Å². The number of hydrogen-bond acceptors (Lipinski definition) is 7. The minimum atomic E-state index is 0.683. The lowest BCUT2D eigenvalue weighted by Crippen LogP contribution is -2.37. The zero-order chi connectivity index (χ0) is 18.1. The number of nitrogens with one attached hydrogen (secondary N) is 1. The molecule has 0 bridgehead atoms. The van der Waals surface area contributed by atoms with Crippen LogP contribution in [0.2, 0.25) is 0 Å². The Labute approximate surface area is 158 Å². The fourth-order valence-corrected chi connectivity index (χ4v) is 4.08. The highest BCUT2D eigenvalue weighted by Gasteiger charge is 2.19. The standard InChI is InChI=1S/C20H25N5O2/c1-2-5-16-14(4-1)12-15-17-18(27-20(15)24-16)19(23-13-22-17)21-6-3-7-25-8-10-26-11-9-25/h12-13H,1-11H2,(H,21,22,23). The van der Waals surface area contributed by atoms with E-state index in [2.05, 4.69) is 26.3 Å². The summed E-state index contributed by atoms with van der Waals surface area (Å²) in [6.45, 7) is 5.66. The lowest BCUT2D eigenvalue weighted by Gasteiger charge is -2.26. The van der Waals surface area contributed by atoms with Crippen LogP contribution in [0, 0.1) is 0 Å². The van der Waals surface area contributed by atoms with Crippen LogP contribution in [0.5, 0.6) is 0 Å². The van der Waals surface area contributed by atoms with Gasteiger partial charge in [-0.25, -0.2) is 15.0 Å². The average molecular weight is 367 g/mol. The lowest BCUT2D eigenvalue weighted by molar-refractivity contribution is 0.0378. The topological polar surface area (TPSA) is 76.3 Å². The molecule has 7 nitrogen and oxygen atoms in total. The Hall–Kier alpha value is -2.25. The molecule has 3 aromatic rings. The highest BCUT2D eigenvalue weighted by atomic mass is 16.5. The molecule has 0 atom stereocenters. The summed E-state index contributed by atoms with van der Waals surface area (Å²) in [4.78, 5) is 16.1. The van der Waals surface area contributed by atoms with Crippen molar-refractivity contribution in [3.63, 3.8) is 0 Å². The van der Waals surface area contributed by atoms with E-state index in [0.29, 0.717) is 11.3 Å². The summed E-state index contributed by atoms with van der Waals surface area (Å²) in [7, 11) is 0. The number of aryl methyl sites for hydroxylation is 2. The van der Waals surface area contributed by atoms with Crippen molar-refractivity contribution in [2.24, 2.45) is 0 Å². The van der Waals surface area contributed by atoms with Crippen LogP contribution < -0.4 is 5.32 Å². The number of fused-ring (bicyclic) bond motifs is 4. The number of anilines is 1. The predicted octanol–water partition coefficient (Wildman–Crippen LogP) is 2.78. The average Bonchev–Trinajstić information content (AvgIpc) is 3.08. The molecular formula is C20H25N5O2. The van der Waals surface area contributed by atoms with Gasteiger partial charge in [0.25, 0.3) is 0 Å². The highest BCUT2D eigenvalue weighted by molar-refractivity contribution is 6.04. The van der Waals surface area contributed by atoms with Crippen LogP contribution >= 0.6 is 0 Å². The summed E-state index contributed by atoms with van der Waals surface area (Å²) in [6.07, 6.45) is 7.25. The Kier molecular flexibility index (Phi) is 4.63. The van der Waals surface area contributed by atoms with Gasteiger partial charge in [-0.05, 0) is 50.3 Å². The number of furan rings is 1. The molecule has 4 heterocycles. The third-order valence-corrected chi connectivity index (χ3v) is 5.57. The molecule has 1 N–H and O–H groups in total. The predicted molar refractivity (Wildman–Crippen MR) is 104 cm³/mol. The fraction of sp³-hybridized carbons (Fsp3) is 0.550. The minimum absolute atomic E-state index is 0.683. The summed E-state index contributed by atoms with van der Waals surface area (Å²) in [5.41, 5.74) is 4.78. The second kappa shape index (κ2) is 7.40. The van der Waals surface area contributed by atoms with Crippen LogP contribution in [0.25, 0.3) is 22.2 Å². The van der Waals surface area contributed by atoms with E-state index in [0.717, 1.165) is 75.4 Å². The van der Waals surface area contributed by atoms with E-state index in [1.165, 1.54) is 24.1 Å². The molecular weight excluding hydrogens is 342 g/mol. The van der Waals surface area contributed by atoms with Crippen molar-refractivity contribution in [3.05, 3.63) is 23.7 Å². The summed E-state index contributed by atoms with van der Waals surface area (Å²) < 4.78 is 11.5. The molecule has 27 heavy (non-hydrogen) atoms. The Morgan fingerprint density at radius 1 is 1.11 bits per heavy atom. The third-order valence-electron chi connectivity index (χ3n) is 5.57. The number of morpholine rings is 1. The first kappa shape index (κ1) is 16.9. The van der Waals surface area contributed by atoms with Crippen LogP contribution in [-0.4, -0.2) is 59.2 Å². The first-order valence-electron chi connectivity index (χ1n) is 9.98. The summed E-state index contributed by atoms with van der Waals surface area (Å²) in [6, 6.07) is 2.22. The third kappa shape index (κ3) is 3.37. The van der Waals surface area contributed by atoms with Gasteiger partial charge in [0.1, 0.15) is 11.8 Å². The molecule has 0 aromatic carbocycles. The Balaban J connectivity index is 1.35. The van der Waals surface area contributed by atoms with Gasteiger partial charge in [-0.1, -0.05) is 0 Å². The van der Waals surface area contributed by atoms with Crippen LogP contribution in [-0.2, 0) is 17.6 Å². The molecule has 1 aliphatic carbocycles. The molecule has 1 saturated heterocycles. The molecule has 0 radical (unpaired) electrons. The molecule has 1 fully saturated rings. The van der Waals surface area contributed by atoms with E-state index in [4.69, 9.17) is 14.1 Å². The van der Waals surface area contributed by atoms with E-state index in [1.807, 2.05) is 0 Å². The zero-order valence-electron chi connectivity index (χ0n) is 15.5. The van der Waals surface area contributed by atoms with E-state index in [9.17, 15) is 0 Å². The molecule has 7 heteroatoms. The van der Waals surface area contributed by atoms with Gasteiger partial charge in [0, 0.05) is 25.3 Å². The fourth-order valence-electron chi connectivity index (χ4n) is 4.08. The molecule has 3 aromatic heterocycles. The van der Waals surface area contributed by atoms with Crippen molar-refractivity contribution in [2.75, 3.05) is 44.7 Å². The van der Waals surface area contributed by atoms with Gasteiger partial charge in [-0.3, -0.25) is 4.90 Å². The van der Waals surface area contributed by atoms with Crippen molar-refractivity contribution in [3.8, 4) is 0 Å². The molecule has 0 spiro atoms. The van der Waals surface area contributed by atoms with E-state index in [1.54, 1.807) is 6.33 Å². The smallest absolute Gasteiger partial charge is 0.229 e. The largest absolute Gasteiger partial charge is 0.432 e. The van der Waals surface area contributed by atoms with Gasteiger partial charge in [0.05, 0.1) is 18.6 Å². The number of nitrogens with zero attached hydrogens (tertiary/aromatic N) is 4. The van der Waals surface area contributed by atoms with E-state index >= 15 is 0 Å². The van der Waals surface area contributed by atoms with Gasteiger partial charge in [-0.2, -0.15) is 0 Å². The zero-order valence-corrected chi connectivity index (χ0v) is 15.5. The van der Waals surface area contributed by atoms with Crippen LogP contribution in [0.1, 0.15) is 30.5 Å². The minimum Gasteiger partial charge on any atom is -0.432 e. The quantitative estimate of drug-likeness (QED) is 0.695. The maximum Gasteiger partial charge on any atom is 0.229 e. The van der Waals surface area contributed by atoms with Crippen molar-refractivity contribution in [1.82, 2.24) is 19.9 Å². The normalized spacial score (nSPS) is 18.1. The van der Waals surface area contributed by atoms with Crippen molar-refractivity contribution in [2.45, 2.75) is 32.1 Å². The summed E-state index contributed by atoms with van der Waals surface area (Å²) in [5, 5.41) is 4.43. The number of rotatable bonds is 5. The first-order valence-corrected chi connectivity index (χ1v) is 9.98. The molecule has 0 unspecified atom stereocenters. The summed E-state index contributed by atoms with van der Waals surface area (Å²) in [5.74, 6) is 0.762. The molecule has 142 valence electrons. The van der Waals surface area contributed by atoms with E-state index in [-0.39, 0.29) is 0 Å². The SMILES string of the molecule is c1nc(NCCCN2CCOCC2)c2oc3nc4c(cc3c2n1)CCCC4. The number of pyridine rings is 1. The Morgan fingerprint density at radius 3 is 2.93 bits per heavy atom. The highest BCUT2D eigenvalue weighted by Crippen LogP contribution is 2.32. The van der Waals surface area contributed by atoms with Gasteiger partial charge in [0.15, 0.2) is 11.4 Å². The monoisotopic (exact) mass is 367 g/mol. The first-order chi connectivity index (χ1) is 13.4. The molecule has 1 aliphatic heterocycles. The maximum absolute atomic E-state index is 6.07. The molecule has 5 rings (SSSR count). The van der Waals surface area contributed by atoms with Crippen molar-refractivity contribution >= 4 is 28.0 Å². The van der Waals surface area contributed by atoms with Crippen LogP contribution in [0.3, 0.4) is 0 Å². The Morgan fingerprint density at radius 2 is 2.00 bits per heavy atom. The molecule has 2 aliphatic rings. The van der Waals surface area contributed by atoms with Gasteiger partial charge >= 0.3 is 0 Å². The second-order valence-corrected chi connectivity index (χ2v) is 7.39. The van der Waals surface area contributed by atoms with Gasteiger partial charge < -0.3 is 14.5 Å². The number of ether oxygens (including phenoxy) is 1. The van der Waals surface area contributed by atoms with E-state index < -0.39 is 0 Å². The second-order valence-electron chi connectivity index (χ2n) is 7.39. The van der Waals surface area contributed by atoms with Crippen molar-refractivity contribution < 1.29 is 9.15 Å². The number of aromatic nitrogens is 3. The van der Waals surface area contributed by atoms with Gasteiger partial charge in [0.2, 0.25) is 5.71 Å². The van der Waals surface area contributed by atoms with Gasteiger partial charge in [-0.15, -0.1) is 0 Å². The van der Waals surface area contributed by atoms with Crippen LogP contribution in [0.15, 0.2) is 16.8 Å². The lowest BCUT2D eigenvalue weighted by atomic mass is 9.95.